The third kappa shape index (κ3) is 4.17. The molecule has 1 saturated heterocycles. The van der Waals surface area contributed by atoms with Gasteiger partial charge < -0.3 is 10.2 Å². The maximum atomic E-state index is 3.50. The molecule has 1 aliphatic rings. The number of hydrogen-bond donors (Lipinski definition) is 1. The van der Waals surface area contributed by atoms with E-state index in [1.165, 1.54) is 48.2 Å². The van der Waals surface area contributed by atoms with Crippen LogP contribution in [0.1, 0.15) is 24.8 Å². The van der Waals surface area contributed by atoms with E-state index in [-0.39, 0.29) is 0 Å². The van der Waals surface area contributed by atoms with Crippen LogP contribution in [0.5, 0.6) is 0 Å². The molecule has 0 saturated carbocycles. The second-order valence-electron chi connectivity index (χ2n) is 4.34. The van der Waals surface area contributed by atoms with E-state index in [1.807, 2.05) is 0 Å². The van der Waals surface area contributed by atoms with Crippen molar-refractivity contribution in [3.63, 3.8) is 0 Å². The second-order valence-corrected chi connectivity index (χ2v) is 6.63. The Bertz CT molecular complexity index is 308. The summed E-state index contributed by atoms with van der Waals surface area (Å²) < 4.78 is 1.22. The van der Waals surface area contributed by atoms with Gasteiger partial charge in [0.25, 0.3) is 0 Å². The molecule has 0 aromatic carbocycles. The van der Waals surface area contributed by atoms with Gasteiger partial charge >= 0.3 is 0 Å². The molecule has 1 aromatic heterocycles. The number of halogens is 1. The topological polar surface area (TPSA) is 15.3 Å². The summed E-state index contributed by atoms with van der Waals surface area (Å²) in [7, 11) is 0. The zero-order valence-electron chi connectivity index (χ0n) is 9.54. The highest BCUT2D eigenvalue weighted by Crippen LogP contribution is 2.20. The highest BCUT2D eigenvalue weighted by Gasteiger charge is 2.09. The van der Waals surface area contributed by atoms with Gasteiger partial charge in [-0.2, -0.15) is 0 Å². The third-order valence-corrected chi connectivity index (χ3v) is 4.53. The Kier molecular flexibility index (Phi) is 5.29. The summed E-state index contributed by atoms with van der Waals surface area (Å²) in [5, 5.41) is 5.70. The van der Waals surface area contributed by atoms with Crippen molar-refractivity contribution >= 4 is 27.3 Å². The van der Waals surface area contributed by atoms with Gasteiger partial charge in [-0.3, -0.25) is 0 Å². The molecule has 1 N–H and O–H groups in total. The average Bonchev–Trinajstić information content (AvgIpc) is 2.89. The Morgan fingerprint density at radius 3 is 2.88 bits per heavy atom. The van der Waals surface area contributed by atoms with Crippen LogP contribution in [0, 0.1) is 0 Å². The largest absolute Gasteiger partial charge is 0.313 e. The maximum absolute atomic E-state index is 3.50. The van der Waals surface area contributed by atoms with Crippen LogP contribution in [-0.2, 0) is 6.54 Å². The lowest BCUT2D eigenvalue weighted by Crippen LogP contribution is -2.24. The first-order valence-electron chi connectivity index (χ1n) is 6.00. The maximum Gasteiger partial charge on any atom is 0.0701 e. The predicted molar refractivity (Wildman–Crippen MR) is 74.0 cm³/mol. The molecule has 2 heterocycles. The van der Waals surface area contributed by atoms with E-state index in [9.17, 15) is 0 Å². The lowest BCUT2D eigenvalue weighted by molar-refractivity contribution is 0.331. The number of rotatable bonds is 6. The van der Waals surface area contributed by atoms with Crippen LogP contribution >= 0.6 is 27.3 Å². The van der Waals surface area contributed by atoms with E-state index in [0.717, 1.165) is 13.1 Å². The Hall–Kier alpha value is 0.1000. The fourth-order valence-electron chi connectivity index (χ4n) is 2.11. The van der Waals surface area contributed by atoms with Crippen molar-refractivity contribution in [3.05, 3.63) is 20.8 Å². The molecule has 1 fully saturated rings. The monoisotopic (exact) mass is 302 g/mol. The number of likely N-dealkylation sites (tertiary alicyclic amines) is 1. The van der Waals surface area contributed by atoms with Crippen molar-refractivity contribution in [2.45, 2.75) is 25.8 Å². The van der Waals surface area contributed by atoms with Crippen molar-refractivity contribution in [2.24, 2.45) is 0 Å². The first-order chi connectivity index (χ1) is 7.84. The molecule has 0 atom stereocenters. The Morgan fingerprint density at radius 2 is 2.19 bits per heavy atom. The fraction of sp³-hybridized carbons (Fsp3) is 0.667. The highest BCUT2D eigenvalue weighted by atomic mass is 79.9. The predicted octanol–water partition coefficient (Wildman–Crippen LogP) is 3.09. The van der Waals surface area contributed by atoms with Gasteiger partial charge in [0.2, 0.25) is 0 Å². The molecule has 0 unspecified atom stereocenters. The quantitative estimate of drug-likeness (QED) is 0.813. The summed E-state index contributed by atoms with van der Waals surface area (Å²) in [5.41, 5.74) is 1.39. The first kappa shape index (κ1) is 12.6. The Balaban J connectivity index is 1.51. The van der Waals surface area contributed by atoms with Crippen LogP contribution in [0.25, 0.3) is 0 Å². The van der Waals surface area contributed by atoms with Gasteiger partial charge in [0.1, 0.15) is 0 Å². The summed E-state index contributed by atoms with van der Waals surface area (Å²) in [6.07, 6.45) is 4.07. The van der Waals surface area contributed by atoms with Gasteiger partial charge in [-0.1, -0.05) is 0 Å². The van der Waals surface area contributed by atoms with Crippen molar-refractivity contribution < 1.29 is 0 Å². The smallest absolute Gasteiger partial charge is 0.0701 e. The molecule has 0 aliphatic carbocycles. The van der Waals surface area contributed by atoms with Crippen molar-refractivity contribution in [2.75, 3.05) is 26.2 Å². The average molecular weight is 303 g/mol. The third-order valence-electron chi connectivity index (χ3n) is 2.98. The number of thiophene rings is 1. The minimum Gasteiger partial charge on any atom is -0.313 e. The van der Waals surface area contributed by atoms with E-state index < -0.39 is 0 Å². The van der Waals surface area contributed by atoms with Gasteiger partial charge in [0, 0.05) is 6.54 Å². The van der Waals surface area contributed by atoms with Crippen LogP contribution in [0.2, 0.25) is 0 Å². The molecular weight excluding hydrogens is 284 g/mol. The minimum atomic E-state index is 1.00. The number of hydrogen-bond acceptors (Lipinski definition) is 3. The molecule has 0 radical (unpaired) electrons. The van der Waals surface area contributed by atoms with Crippen LogP contribution < -0.4 is 5.32 Å². The molecular formula is C12H19BrN2S. The molecule has 2 rings (SSSR count). The summed E-state index contributed by atoms with van der Waals surface area (Å²) in [4.78, 5) is 2.57. The van der Waals surface area contributed by atoms with Crippen LogP contribution in [0.3, 0.4) is 0 Å². The summed E-state index contributed by atoms with van der Waals surface area (Å²) in [5.74, 6) is 0. The number of nitrogens with zero attached hydrogens (tertiary/aromatic N) is 1. The Labute approximate surface area is 110 Å². The molecule has 0 bridgehead atoms. The Morgan fingerprint density at radius 1 is 1.38 bits per heavy atom. The van der Waals surface area contributed by atoms with Crippen LogP contribution in [-0.4, -0.2) is 31.1 Å². The minimum absolute atomic E-state index is 1.00. The van der Waals surface area contributed by atoms with Gasteiger partial charge in [0.15, 0.2) is 0 Å². The van der Waals surface area contributed by atoms with Gasteiger partial charge in [-0.25, -0.2) is 0 Å². The van der Waals surface area contributed by atoms with Gasteiger partial charge in [-0.15, -0.1) is 11.3 Å². The normalized spacial score (nSPS) is 17.1. The van der Waals surface area contributed by atoms with Crippen LogP contribution in [0.15, 0.2) is 15.2 Å². The zero-order valence-corrected chi connectivity index (χ0v) is 11.9. The second kappa shape index (κ2) is 6.74. The van der Waals surface area contributed by atoms with E-state index >= 15 is 0 Å². The van der Waals surface area contributed by atoms with Gasteiger partial charge in [-0.05, 0) is 78.4 Å². The van der Waals surface area contributed by atoms with E-state index in [4.69, 9.17) is 0 Å². The molecule has 0 spiro atoms. The first-order valence-corrected chi connectivity index (χ1v) is 7.68. The van der Waals surface area contributed by atoms with E-state index in [0.29, 0.717) is 0 Å². The van der Waals surface area contributed by atoms with E-state index in [2.05, 4.69) is 37.6 Å². The van der Waals surface area contributed by atoms with Crippen molar-refractivity contribution in [3.8, 4) is 0 Å². The molecule has 2 nitrogen and oxygen atoms in total. The SMILES string of the molecule is Brc1cc(CNCCCN2CCCC2)cs1. The summed E-state index contributed by atoms with van der Waals surface area (Å²) in [6, 6.07) is 2.19. The van der Waals surface area contributed by atoms with Crippen molar-refractivity contribution in [1.82, 2.24) is 10.2 Å². The summed E-state index contributed by atoms with van der Waals surface area (Å²) in [6.45, 7) is 6.03. The van der Waals surface area contributed by atoms with E-state index in [1.54, 1.807) is 11.3 Å². The lowest BCUT2D eigenvalue weighted by atomic mass is 10.3. The summed E-state index contributed by atoms with van der Waals surface area (Å²) >= 11 is 5.24. The molecule has 4 heteroatoms. The molecule has 1 aliphatic heterocycles. The molecule has 90 valence electrons. The standard InChI is InChI=1S/C12H19BrN2S/c13-12-8-11(10-16-12)9-14-4-3-7-15-5-1-2-6-15/h8,10,14H,1-7,9H2. The molecule has 0 amide bonds. The molecule has 1 aromatic rings. The fourth-order valence-corrected chi connectivity index (χ4v) is 3.31. The lowest BCUT2D eigenvalue weighted by Gasteiger charge is -2.14. The molecule has 16 heavy (non-hydrogen) atoms. The zero-order chi connectivity index (χ0) is 11.2. The van der Waals surface area contributed by atoms with Crippen LogP contribution in [0.4, 0.5) is 0 Å². The van der Waals surface area contributed by atoms with Crippen molar-refractivity contribution in [1.29, 1.82) is 0 Å². The highest BCUT2D eigenvalue weighted by molar-refractivity contribution is 9.11. The number of nitrogens with one attached hydrogen (secondary N) is 1. The van der Waals surface area contributed by atoms with Gasteiger partial charge in [0.05, 0.1) is 3.79 Å².